The molecule has 1 atom stereocenters. The minimum Gasteiger partial charge on any atom is -0.469 e. The summed E-state index contributed by atoms with van der Waals surface area (Å²) in [6.07, 6.45) is 2.40. The molecule has 13 heavy (non-hydrogen) atoms. The maximum Gasteiger partial charge on any atom is 0.246 e. The van der Waals surface area contributed by atoms with Crippen LogP contribution in [0.1, 0.15) is 5.76 Å². The third kappa shape index (κ3) is 2.09. The molecule has 1 amide bonds. The fraction of sp³-hybridized carbons (Fsp3) is 0.444. The number of hydrogen-bond acceptors (Lipinski definition) is 3. The van der Waals surface area contributed by atoms with Crippen molar-refractivity contribution in [2.75, 3.05) is 13.2 Å². The van der Waals surface area contributed by atoms with Crippen LogP contribution in [0.25, 0.3) is 0 Å². The van der Waals surface area contributed by atoms with E-state index in [0.29, 0.717) is 13.0 Å². The molecule has 1 aromatic rings. The number of furan rings is 1. The molecule has 0 aliphatic carbocycles. The average Bonchev–Trinajstić information content (AvgIpc) is 2.62. The van der Waals surface area contributed by atoms with E-state index in [1.807, 2.05) is 12.1 Å². The largest absolute Gasteiger partial charge is 0.469 e. The summed E-state index contributed by atoms with van der Waals surface area (Å²) in [7, 11) is 0. The van der Waals surface area contributed by atoms with Crippen LogP contribution in [0.4, 0.5) is 0 Å². The van der Waals surface area contributed by atoms with Crippen molar-refractivity contribution in [2.45, 2.75) is 12.5 Å². The van der Waals surface area contributed by atoms with Gasteiger partial charge in [0.05, 0.1) is 12.4 Å². The first-order valence-corrected chi connectivity index (χ1v) is 4.25. The molecule has 0 bridgehead atoms. The van der Waals surface area contributed by atoms with Crippen LogP contribution in [0, 0.1) is 0 Å². The van der Waals surface area contributed by atoms with Gasteiger partial charge in [-0.3, -0.25) is 4.79 Å². The first kappa shape index (κ1) is 8.31. The van der Waals surface area contributed by atoms with Crippen LogP contribution in [-0.4, -0.2) is 25.2 Å². The Bertz CT molecular complexity index is 271. The molecule has 1 saturated heterocycles. The van der Waals surface area contributed by atoms with Crippen LogP contribution in [0.5, 0.6) is 0 Å². The second-order valence-electron chi connectivity index (χ2n) is 3.02. The van der Waals surface area contributed by atoms with E-state index in [-0.39, 0.29) is 18.6 Å². The Balaban J connectivity index is 1.86. The highest BCUT2D eigenvalue weighted by molar-refractivity contribution is 5.77. The smallest absolute Gasteiger partial charge is 0.246 e. The van der Waals surface area contributed by atoms with E-state index in [1.165, 1.54) is 0 Å². The molecule has 1 aliphatic rings. The van der Waals surface area contributed by atoms with Gasteiger partial charge in [0.15, 0.2) is 0 Å². The van der Waals surface area contributed by atoms with E-state index in [2.05, 4.69) is 5.32 Å². The number of morpholine rings is 1. The molecular formula is C9H11NO3. The molecule has 0 radical (unpaired) electrons. The lowest BCUT2D eigenvalue weighted by molar-refractivity contribution is -0.133. The van der Waals surface area contributed by atoms with Crippen molar-refractivity contribution in [1.29, 1.82) is 0 Å². The SMILES string of the molecule is O=C1COC(Cc2ccco2)CN1. The Labute approximate surface area is 75.9 Å². The highest BCUT2D eigenvalue weighted by Gasteiger charge is 2.19. The number of nitrogens with one attached hydrogen (secondary N) is 1. The third-order valence-corrected chi connectivity index (χ3v) is 1.99. The van der Waals surface area contributed by atoms with Gasteiger partial charge in [0.1, 0.15) is 12.4 Å². The van der Waals surface area contributed by atoms with Crippen molar-refractivity contribution >= 4 is 5.91 Å². The van der Waals surface area contributed by atoms with Gasteiger partial charge in [0.25, 0.3) is 0 Å². The van der Waals surface area contributed by atoms with E-state index >= 15 is 0 Å². The first-order chi connectivity index (χ1) is 6.34. The van der Waals surface area contributed by atoms with Gasteiger partial charge >= 0.3 is 0 Å². The highest BCUT2D eigenvalue weighted by Crippen LogP contribution is 2.08. The van der Waals surface area contributed by atoms with Crippen LogP contribution >= 0.6 is 0 Å². The molecule has 2 rings (SSSR count). The first-order valence-electron chi connectivity index (χ1n) is 4.25. The maximum atomic E-state index is 10.8. The number of hydrogen-bond donors (Lipinski definition) is 1. The van der Waals surface area contributed by atoms with E-state index in [1.54, 1.807) is 6.26 Å². The number of amides is 1. The average molecular weight is 181 g/mol. The Kier molecular flexibility index (Phi) is 2.31. The minimum absolute atomic E-state index is 0.0452. The van der Waals surface area contributed by atoms with Crippen molar-refractivity contribution in [1.82, 2.24) is 5.32 Å². The van der Waals surface area contributed by atoms with Gasteiger partial charge in [-0.15, -0.1) is 0 Å². The van der Waals surface area contributed by atoms with Crippen molar-refractivity contribution in [3.8, 4) is 0 Å². The fourth-order valence-corrected chi connectivity index (χ4v) is 1.32. The van der Waals surface area contributed by atoms with E-state index in [4.69, 9.17) is 9.15 Å². The van der Waals surface area contributed by atoms with Gasteiger partial charge in [-0.2, -0.15) is 0 Å². The van der Waals surface area contributed by atoms with Crippen molar-refractivity contribution in [3.05, 3.63) is 24.2 Å². The zero-order valence-electron chi connectivity index (χ0n) is 7.16. The van der Waals surface area contributed by atoms with Crippen molar-refractivity contribution < 1.29 is 13.9 Å². The Morgan fingerprint density at radius 2 is 2.54 bits per heavy atom. The number of carbonyl (C=O) groups excluding carboxylic acids is 1. The summed E-state index contributed by atoms with van der Waals surface area (Å²) in [5, 5.41) is 2.74. The zero-order valence-corrected chi connectivity index (χ0v) is 7.16. The van der Waals surface area contributed by atoms with E-state index in [0.717, 1.165) is 5.76 Å². The third-order valence-electron chi connectivity index (χ3n) is 1.99. The lowest BCUT2D eigenvalue weighted by atomic mass is 10.2. The highest BCUT2D eigenvalue weighted by atomic mass is 16.5. The zero-order chi connectivity index (χ0) is 9.10. The lowest BCUT2D eigenvalue weighted by Gasteiger charge is -2.22. The predicted octanol–water partition coefficient (Wildman–Crippen LogP) is 0.337. The van der Waals surface area contributed by atoms with Gasteiger partial charge in [-0.25, -0.2) is 0 Å². The van der Waals surface area contributed by atoms with Crippen LogP contribution in [0.15, 0.2) is 22.8 Å². The molecule has 1 fully saturated rings. The molecule has 0 aromatic carbocycles. The van der Waals surface area contributed by atoms with E-state index < -0.39 is 0 Å². The number of ether oxygens (including phenoxy) is 1. The molecule has 1 aromatic heterocycles. The number of rotatable bonds is 2. The normalized spacial score (nSPS) is 22.8. The fourth-order valence-electron chi connectivity index (χ4n) is 1.32. The second kappa shape index (κ2) is 3.62. The maximum absolute atomic E-state index is 10.8. The van der Waals surface area contributed by atoms with Gasteiger partial charge in [0.2, 0.25) is 5.91 Å². The summed E-state index contributed by atoms with van der Waals surface area (Å²) < 4.78 is 10.5. The molecule has 1 unspecified atom stereocenters. The quantitative estimate of drug-likeness (QED) is 0.715. The Hall–Kier alpha value is -1.29. The summed E-state index contributed by atoms with van der Waals surface area (Å²) in [6, 6.07) is 3.75. The van der Waals surface area contributed by atoms with Crippen LogP contribution in [0.2, 0.25) is 0 Å². The molecule has 2 heterocycles. The van der Waals surface area contributed by atoms with E-state index in [9.17, 15) is 4.79 Å². The summed E-state index contributed by atoms with van der Waals surface area (Å²) in [5.41, 5.74) is 0. The minimum atomic E-state index is -0.0457. The molecule has 1 aliphatic heterocycles. The topological polar surface area (TPSA) is 51.5 Å². The molecule has 1 N–H and O–H groups in total. The van der Waals surface area contributed by atoms with Crippen molar-refractivity contribution in [2.24, 2.45) is 0 Å². The molecule has 4 nitrogen and oxygen atoms in total. The standard InChI is InChI=1S/C9H11NO3/c11-9-6-13-8(5-10-9)4-7-2-1-3-12-7/h1-3,8H,4-6H2,(H,10,11). The van der Waals surface area contributed by atoms with Gasteiger partial charge < -0.3 is 14.5 Å². The summed E-state index contributed by atoms with van der Waals surface area (Å²) in [5.74, 6) is 0.844. The Morgan fingerprint density at radius 1 is 1.62 bits per heavy atom. The monoisotopic (exact) mass is 181 g/mol. The predicted molar refractivity (Wildman–Crippen MR) is 45.2 cm³/mol. The van der Waals surface area contributed by atoms with Crippen LogP contribution < -0.4 is 5.32 Å². The second-order valence-corrected chi connectivity index (χ2v) is 3.02. The van der Waals surface area contributed by atoms with Gasteiger partial charge in [-0.1, -0.05) is 0 Å². The number of carbonyl (C=O) groups is 1. The summed E-state index contributed by atoms with van der Waals surface area (Å²) in [4.78, 5) is 10.8. The summed E-state index contributed by atoms with van der Waals surface area (Å²) >= 11 is 0. The molecule has 70 valence electrons. The molecule has 0 saturated carbocycles. The molecule has 4 heteroatoms. The summed E-state index contributed by atoms with van der Waals surface area (Å²) in [6.45, 7) is 0.727. The Morgan fingerprint density at radius 3 is 3.15 bits per heavy atom. The molecule has 0 spiro atoms. The lowest BCUT2D eigenvalue weighted by Crippen LogP contribution is -2.43. The van der Waals surface area contributed by atoms with Crippen molar-refractivity contribution in [3.63, 3.8) is 0 Å². The van der Waals surface area contributed by atoms with Crippen LogP contribution in [-0.2, 0) is 16.0 Å². The van der Waals surface area contributed by atoms with Gasteiger partial charge in [0, 0.05) is 13.0 Å². The van der Waals surface area contributed by atoms with Gasteiger partial charge in [-0.05, 0) is 12.1 Å². The molecular weight excluding hydrogens is 170 g/mol. The van der Waals surface area contributed by atoms with Crippen LogP contribution in [0.3, 0.4) is 0 Å².